The predicted molar refractivity (Wildman–Crippen MR) is 127 cm³/mol. The molecule has 3 heterocycles. The Bertz CT molecular complexity index is 983. The average molecular weight is 437 g/mol. The molecule has 1 aromatic carbocycles. The van der Waals surface area contributed by atoms with Gasteiger partial charge in [0.1, 0.15) is 5.69 Å². The van der Waals surface area contributed by atoms with Crippen molar-refractivity contribution in [3.8, 4) is 0 Å². The van der Waals surface area contributed by atoms with Crippen LogP contribution in [-0.2, 0) is 0 Å². The summed E-state index contributed by atoms with van der Waals surface area (Å²) in [6, 6.07) is 8.74. The van der Waals surface area contributed by atoms with Gasteiger partial charge in [-0.05, 0) is 55.9 Å². The number of aromatic amines is 1. The van der Waals surface area contributed by atoms with E-state index in [1.54, 1.807) is 0 Å². The van der Waals surface area contributed by atoms with Crippen LogP contribution in [-0.4, -0.2) is 76.3 Å². The van der Waals surface area contributed by atoms with Crippen LogP contribution in [0.5, 0.6) is 0 Å². The van der Waals surface area contributed by atoms with E-state index in [0.717, 1.165) is 62.5 Å². The van der Waals surface area contributed by atoms with Crippen molar-refractivity contribution in [2.24, 2.45) is 5.92 Å². The van der Waals surface area contributed by atoms with Gasteiger partial charge in [0.25, 0.3) is 11.8 Å². The summed E-state index contributed by atoms with van der Waals surface area (Å²) in [6.45, 7) is 8.77. The number of fused-ring (bicyclic) bond motifs is 1. The Labute approximate surface area is 190 Å². The van der Waals surface area contributed by atoms with E-state index in [1.807, 2.05) is 34.1 Å². The minimum absolute atomic E-state index is 0.0771. The zero-order valence-electron chi connectivity index (χ0n) is 19.5. The molecule has 1 atom stereocenters. The number of piperazine rings is 1. The molecule has 32 heavy (non-hydrogen) atoms. The van der Waals surface area contributed by atoms with Gasteiger partial charge in [-0.15, -0.1) is 0 Å². The van der Waals surface area contributed by atoms with Crippen molar-refractivity contribution in [3.05, 3.63) is 35.5 Å². The third-order valence-corrected chi connectivity index (χ3v) is 7.87. The number of nitrogens with zero attached hydrogens (tertiary/aromatic N) is 3. The van der Waals surface area contributed by atoms with Gasteiger partial charge >= 0.3 is 0 Å². The van der Waals surface area contributed by atoms with E-state index < -0.39 is 0 Å². The van der Waals surface area contributed by atoms with E-state index in [2.05, 4.69) is 23.7 Å². The Morgan fingerprint density at radius 1 is 0.906 bits per heavy atom. The number of nitrogens with one attached hydrogen (secondary N) is 1. The zero-order chi connectivity index (χ0) is 22.2. The number of benzene rings is 1. The van der Waals surface area contributed by atoms with Crippen molar-refractivity contribution in [1.82, 2.24) is 19.7 Å². The SMILES string of the molecule is CC(C)C1CCCN1C(=O)c1cc2cc(C(=O)N3CCN(C4CCCC4)CC3)ccc2[nH]1. The Hall–Kier alpha value is -2.34. The van der Waals surface area contributed by atoms with Crippen molar-refractivity contribution in [3.63, 3.8) is 0 Å². The van der Waals surface area contributed by atoms with Gasteiger partial charge < -0.3 is 14.8 Å². The molecule has 1 N–H and O–H groups in total. The van der Waals surface area contributed by atoms with Crippen molar-refractivity contribution >= 4 is 22.7 Å². The Morgan fingerprint density at radius 3 is 2.38 bits per heavy atom. The van der Waals surface area contributed by atoms with Crippen LogP contribution in [0.25, 0.3) is 10.9 Å². The molecule has 3 fully saturated rings. The van der Waals surface area contributed by atoms with Gasteiger partial charge in [-0.2, -0.15) is 0 Å². The van der Waals surface area contributed by atoms with Gasteiger partial charge in [-0.25, -0.2) is 0 Å². The number of amides is 2. The third-order valence-electron chi connectivity index (χ3n) is 7.87. The van der Waals surface area contributed by atoms with Crippen molar-refractivity contribution < 1.29 is 9.59 Å². The fourth-order valence-corrected chi connectivity index (χ4v) is 6.02. The van der Waals surface area contributed by atoms with E-state index in [-0.39, 0.29) is 11.8 Å². The first-order chi connectivity index (χ1) is 15.5. The van der Waals surface area contributed by atoms with E-state index in [4.69, 9.17) is 0 Å². The number of H-pyrrole nitrogens is 1. The van der Waals surface area contributed by atoms with Crippen LogP contribution in [0, 0.1) is 5.92 Å². The van der Waals surface area contributed by atoms with E-state index in [1.165, 1.54) is 25.7 Å². The largest absolute Gasteiger partial charge is 0.351 e. The lowest BCUT2D eigenvalue weighted by atomic mass is 10.0. The average Bonchev–Trinajstić information content (AvgIpc) is 3.58. The maximum absolute atomic E-state index is 13.2. The smallest absolute Gasteiger partial charge is 0.270 e. The summed E-state index contributed by atoms with van der Waals surface area (Å²) in [5, 5.41) is 0.934. The first-order valence-electron chi connectivity index (χ1n) is 12.5. The minimum atomic E-state index is 0.0771. The summed E-state index contributed by atoms with van der Waals surface area (Å²) in [5.74, 6) is 0.643. The number of carbonyl (C=O) groups is 2. The second-order valence-electron chi connectivity index (χ2n) is 10.2. The maximum Gasteiger partial charge on any atom is 0.270 e. The van der Waals surface area contributed by atoms with Crippen molar-refractivity contribution in [1.29, 1.82) is 0 Å². The van der Waals surface area contributed by atoms with E-state index in [0.29, 0.717) is 23.2 Å². The highest BCUT2D eigenvalue weighted by molar-refractivity contribution is 6.02. The Kier molecular flexibility index (Phi) is 5.97. The number of hydrogen-bond acceptors (Lipinski definition) is 3. The third kappa shape index (κ3) is 4.05. The summed E-state index contributed by atoms with van der Waals surface area (Å²) < 4.78 is 0. The number of aromatic nitrogens is 1. The molecule has 1 unspecified atom stereocenters. The van der Waals surface area contributed by atoms with Crippen LogP contribution in [0.3, 0.4) is 0 Å². The topological polar surface area (TPSA) is 59.7 Å². The second kappa shape index (κ2) is 8.89. The number of rotatable bonds is 4. The van der Waals surface area contributed by atoms with Crippen LogP contribution in [0.2, 0.25) is 0 Å². The number of hydrogen-bond donors (Lipinski definition) is 1. The van der Waals surface area contributed by atoms with Gasteiger partial charge in [0.05, 0.1) is 0 Å². The highest BCUT2D eigenvalue weighted by atomic mass is 16.2. The van der Waals surface area contributed by atoms with Crippen molar-refractivity contribution in [2.45, 2.75) is 64.5 Å². The lowest BCUT2D eigenvalue weighted by Gasteiger charge is -2.38. The van der Waals surface area contributed by atoms with Gasteiger partial charge in [0.15, 0.2) is 0 Å². The summed E-state index contributed by atoms with van der Waals surface area (Å²) in [5.41, 5.74) is 2.25. The van der Waals surface area contributed by atoms with Crippen LogP contribution in [0.1, 0.15) is 73.2 Å². The molecule has 0 bridgehead atoms. The molecule has 172 valence electrons. The Balaban J connectivity index is 1.28. The van der Waals surface area contributed by atoms with Gasteiger partial charge in [0, 0.05) is 61.3 Å². The highest BCUT2D eigenvalue weighted by Gasteiger charge is 2.32. The molecule has 6 heteroatoms. The normalized spacial score (nSPS) is 23.0. The zero-order valence-corrected chi connectivity index (χ0v) is 19.5. The molecular formula is C26H36N4O2. The molecule has 2 saturated heterocycles. The molecule has 1 saturated carbocycles. The van der Waals surface area contributed by atoms with Gasteiger partial charge in [0.2, 0.25) is 0 Å². The van der Waals surface area contributed by atoms with E-state index >= 15 is 0 Å². The molecule has 6 nitrogen and oxygen atoms in total. The fourth-order valence-electron chi connectivity index (χ4n) is 6.02. The molecule has 0 radical (unpaired) electrons. The van der Waals surface area contributed by atoms with Crippen molar-refractivity contribution in [2.75, 3.05) is 32.7 Å². The quantitative estimate of drug-likeness (QED) is 0.784. The van der Waals surface area contributed by atoms with E-state index in [9.17, 15) is 9.59 Å². The standard InChI is InChI=1S/C26H36N4O2/c1-18(2)24-8-5-11-30(24)26(32)23-17-20-16-19(9-10-22(20)27-23)25(31)29-14-12-28(13-15-29)21-6-3-4-7-21/h9-10,16-18,21,24,27H,3-8,11-15H2,1-2H3. The Morgan fingerprint density at radius 2 is 1.66 bits per heavy atom. The van der Waals surface area contributed by atoms with Gasteiger partial charge in [-0.1, -0.05) is 26.7 Å². The lowest BCUT2D eigenvalue weighted by Crippen LogP contribution is -2.51. The lowest BCUT2D eigenvalue weighted by molar-refractivity contribution is 0.0573. The molecule has 1 aromatic heterocycles. The molecule has 2 aliphatic heterocycles. The van der Waals surface area contributed by atoms with Crippen LogP contribution in [0.15, 0.2) is 24.3 Å². The number of carbonyl (C=O) groups excluding carboxylic acids is 2. The molecule has 5 rings (SSSR count). The molecular weight excluding hydrogens is 400 g/mol. The molecule has 2 aromatic rings. The molecule has 1 aliphatic carbocycles. The van der Waals surface area contributed by atoms with Crippen LogP contribution >= 0.6 is 0 Å². The molecule has 2 amide bonds. The fraction of sp³-hybridized carbons (Fsp3) is 0.615. The summed E-state index contributed by atoms with van der Waals surface area (Å²) in [4.78, 5) is 36.2. The summed E-state index contributed by atoms with van der Waals surface area (Å²) >= 11 is 0. The van der Waals surface area contributed by atoms with Gasteiger partial charge in [-0.3, -0.25) is 14.5 Å². The summed E-state index contributed by atoms with van der Waals surface area (Å²) in [6.07, 6.45) is 7.47. The van der Waals surface area contributed by atoms with Crippen LogP contribution < -0.4 is 0 Å². The minimum Gasteiger partial charge on any atom is -0.351 e. The monoisotopic (exact) mass is 436 g/mol. The highest BCUT2D eigenvalue weighted by Crippen LogP contribution is 2.28. The summed E-state index contributed by atoms with van der Waals surface area (Å²) in [7, 11) is 0. The first kappa shape index (κ1) is 21.5. The number of likely N-dealkylation sites (tertiary alicyclic amines) is 1. The maximum atomic E-state index is 13.2. The molecule has 3 aliphatic rings. The van der Waals surface area contributed by atoms with Crippen LogP contribution in [0.4, 0.5) is 0 Å². The first-order valence-corrected chi connectivity index (χ1v) is 12.5. The predicted octanol–water partition coefficient (Wildman–Crippen LogP) is 4.13. The molecule has 0 spiro atoms. The second-order valence-corrected chi connectivity index (χ2v) is 10.2.